The van der Waals surface area contributed by atoms with Gasteiger partial charge in [-0.25, -0.2) is 0 Å². The minimum Gasteiger partial charge on any atom is -0.358 e. The molecule has 0 aromatic carbocycles. The van der Waals surface area contributed by atoms with Crippen molar-refractivity contribution in [3.63, 3.8) is 0 Å². The highest BCUT2D eigenvalue weighted by molar-refractivity contribution is 7.15. The van der Waals surface area contributed by atoms with E-state index in [2.05, 4.69) is 26.7 Å². The second-order valence-electron chi connectivity index (χ2n) is 7.77. The maximum Gasteiger partial charge on any atom is 0.373 e. The van der Waals surface area contributed by atoms with Gasteiger partial charge in [0.25, 0.3) is 4.96 Å². The van der Waals surface area contributed by atoms with E-state index >= 15 is 0 Å². The van der Waals surface area contributed by atoms with Crippen LogP contribution in [0.2, 0.25) is 0 Å². The van der Waals surface area contributed by atoms with Crippen LogP contribution >= 0.6 is 11.3 Å². The van der Waals surface area contributed by atoms with Crippen molar-refractivity contribution in [2.45, 2.75) is 43.8 Å². The molecule has 0 spiro atoms. The van der Waals surface area contributed by atoms with E-state index in [1.807, 2.05) is 5.38 Å². The van der Waals surface area contributed by atoms with Gasteiger partial charge in [0.05, 0.1) is 0 Å². The third-order valence-electron chi connectivity index (χ3n) is 6.60. The van der Waals surface area contributed by atoms with E-state index in [0.29, 0.717) is 16.8 Å². The Labute approximate surface area is 156 Å². The topological polar surface area (TPSA) is 70.2 Å². The Balaban J connectivity index is 1.30. The first-order chi connectivity index (χ1) is 12.6. The van der Waals surface area contributed by atoms with Gasteiger partial charge in [0, 0.05) is 49.7 Å². The number of hydrogen-bond acceptors (Lipinski definition) is 7. The van der Waals surface area contributed by atoms with Crippen LogP contribution in [0.1, 0.15) is 25.7 Å². The SMILES string of the molecule is CN1[C@H]2CC[C@H]1CC(N1CCN(c3nc4sccn4c3[N+](=O)[O-])CC1)C2. The van der Waals surface area contributed by atoms with Gasteiger partial charge in [-0.3, -0.25) is 4.90 Å². The average molecular weight is 376 g/mol. The zero-order valence-corrected chi connectivity index (χ0v) is 15.8. The van der Waals surface area contributed by atoms with E-state index < -0.39 is 0 Å². The molecule has 0 radical (unpaired) electrons. The minimum absolute atomic E-state index is 0.104. The molecule has 3 aliphatic rings. The monoisotopic (exact) mass is 376 g/mol. The third-order valence-corrected chi connectivity index (χ3v) is 7.35. The lowest BCUT2D eigenvalue weighted by atomic mass is 9.96. The standard InChI is InChI=1S/C17H24N6O2S/c1-19-12-2-3-13(19)11-14(10-12)20-4-6-21(7-5-20)15-16(23(24)25)22-8-9-26-17(22)18-15/h8-9,12-14H,2-7,10-11H2,1H3/t12-,13-/m0/s1. The van der Waals surface area contributed by atoms with Crippen LogP contribution in [0.3, 0.4) is 0 Å². The van der Waals surface area contributed by atoms with Gasteiger partial charge in [-0.05, 0) is 37.7 Å². The van der Waals surface area contributed by atoms with Crippen LogP contribution < -0.4 is 4.90 Å². The Morgan fingerprint density at radius 1 is 1.15 bits per heavy atom. The number of thiazole rings is 1. The highest BCUT2D eigenvalue weighted by Gasteiger charge is 2.41. The third kappa shape index (κ3) is 2.52. The van der Waals surface area contributed by atoms with Gasteiger partial charge >= 0.3 is 5.82 Å². The van der Waals surface area contributed by atoms with E-state index in [1.165, 1.54) is 37.0 Å². The molecule has 2 atom stereocenters. The molecule has 2 aromatic rings. The summed E-state index contributed by atoms with van der Waals surface area (Å²) in [4.78, 5) is 23.8. The quantitative estimate of drug-likeness (QED) is 0.603. The fourth-order valence-electron chi connectivity index (χ4n) is 5.12. The molecule has 5 rings (SSSR count). The van der Waals surface area contributed by atoms with Gasteiger partial charge < -0.3 is 19.9 Å². The first-order valence-electron chi connectivity index (χ1n) is 9.42. The van der Waals surface area contributed by atoms with Crippen LogP contribution in [0.25, 0.3) is 4.96 Å². The molecule has 0 unspecified atom stereocenters. The molecule has 2 aromatic heterocycles. The summed E-state index contributed by atoms with van der Waals surface area (Å²) >= 11 is 1.44. The lowest BCUT2D eigenvalue weighted by Crippen LogP contribution is -2.55. The molecule has 3 aliphatic heterocycles. The predicted molar refractivity (Wildman–Crippen MR) is 101 cm³/mol. The van der Waals surface area contributed by atoms with Gasteiger partial charge in [0.15, 0.2) is 0 Å². The number of rotatable bonds is 3. The van der Waals surface area contributed by atoms with Crippen LogP contribution in [0.5, 0.6) is 0 Å². The van der Waals surface area contributed by atoms with Gasteiger partial charge in [-0.2, -0.15) is 9.38 Å². The Hall–Kier alpha value is -1.71. The summed E-state index contributed by atoms with van der Waals surface area (Å²) in [6.45, 7) is 3.56. The van der Waals surface area contributed by atoms with Crippen molar-refractivity contribution in [1.82, 2.24) is 19.2 Å². The van der Waals surface area contributed by atoms with E-state index in [1.54, 1.807) is 10.6 Å². The molecule has 0 amide bonds. The largest absolute Gasteiger partial charge is 0.373 e. The first-order valence-corrected chi connectivity index (χ1v) is 10.3. The number of nitro groups is 1. The summed E-state index contributed by atoms with van der Waals surface area (Å²) in [6.07, 6.45) is 6.96. The molecular weight excluding hydrogens is 352 g/mol. The van der Waals surface area contributed by atoms with Crippen molar-refractivity contribution in [3.8, 4) is 0 Å². The van der Waals surface area contributed by atoms with Gasteiger partial charge in [-0.15, -0.1) is 0 Å². The second kappa shape index (κ2) is 6.17. The highest BCUT2D eigenvalue weighted by Crippen LogP contribution is 2.37. The zero-order chi connectivity index (χ0) is 17.8. The second-order valence-corrected chi connectivity index (χ2v) is 8.64. The average Bonchev–Trinajstić information content (AvgIpc) is 3.26. The zero-order valence-electron chi connectivity index (χ0n) is 15.0. The Morgan fingerprint density at radius 3 is 2.50 bits per heavy atom. The van der Waals surface area contributed by atoms with Crippen molar-refractivity contribution in [1.29, 1.82) is 0 Å². The van der Waals surface area contributed by atoms with Crippen molar-refractivity contribution in [2.75, 3.05) is 38.1 Å². The molecule has 140 valence electrons. The molecule has 5 heterocycles. The molecule has 8 nitrogen and oxygen atoms in total. The lowest BCUT2D eigenvalue weighted by molar-refractivity contribution is -0.389. The van der Waals surface area contributed by atoms with Crippen molar-refractivity contribution >= 4 is 27.9 Å². The fourth-order valence-corrected chi connectivity index (χ4v) is 5.83. The molecule has 3 fully saturated rings. The summed E-state index contributed by atoms with van der Waals surface area (Å²) in [7, 11) is 2.28. The summed E-state index contributed by atoms with van der Waals surface area (Å²) in [6, 6.07) is 2.17. The van der Waals surface area contributed by atoms with Crippen LogP contribution in [0, 0.1) is 10.1 Å². The first kappa shape index (κ1) is 16.5. The summed E-state index contributed by atoms with van der Waals surface area (Å²) in [5, 5.41) is 13.4. The van der Waals surface area contributed by atoms with Crippen LogP contribution in [-0.4, -0.2) is 75.5 Å². The van der Waals surface area contributed by atoms with E-state index in [9.17, 15) is 10.1 Å². The van der Waals surface area contributed by atoms with Crippen molar-refractivity contribution in [3.05, 3.63) is 21.7 Å². The number of anilines is 1. The van der Waals surface area contributed by atoms with Gasteiger partial charge in [-0.1, -0.05) is 11.3 Å². The van der Waals surface area contributed by atoms with Crippen LogP contribution in [0.4, 0.5) is 11.6 Å². The Morgan fingerprint density at radius 2 is 1.85 bits per heavy atom. The van der Waals surface area contributed by atoms with E-state index in [-0.39, 0.29) is 10.7 Å². The van der Waals surface area contributed by atoms with E-state index in [4.69, 9.17) is 0 Å². The number of aromatic nitrogens is 2. The summed E-state index contributed by atoms with van der Waals surface area (Å²) < 4.78 is 1.60. The minimum atomic E-state index is -0.302. The Bertz CT molecular complexity index is 812. The predicted octanol–water partition coefficient (Wildman–Crippen LogP) is 2.05. The number of imidazole rings is 1. The highest BCUT2D eigenvalue weighted by atomic mass is 32.1. The Kier molecular flexibility index (Phi) is 3.91. The molecule has 9 heteroatoms. The number of hydrogen-bond donors (Lipinski definition) is 0. The van der Waals surface area contributed by atoms with Gasteiger partial charge in [0.2, 0.25) is 5.82 Å². The number of piperidine rings is 1. The van der Waals surface area contributed by atoms with Crippen LogP contribution in [-0.2, 0) is 0 Å². The van der Waals surface area contributed by atoms with Crippen LogP contribution in [0.15, 0.2) is 11.6 Å². The summed E-state index contributed by atoms with van der Waals surface area (Å²) in [5.74, 6) is 0.636. The molecule has 0 N–H and O–H groups in total. The van der Waals surface area contributed by atoms with Crippen molar-refractivity contribution in [2.24, 2.45) is 0 Å². The molecule has 3 saturated heterocycles. The number of nitrogens with zero attached hydrogens (tertiary/aromatic N) is 6. The smallest absolute Gasteiger partial charge is 0.358 e. The number of fused-ring (bicyclic) bond motifs is 3. The van der Waals surface area contributed by atoms with Crippen molar-refractivity contribution < 1.29 is 4.92 Å². The normalized spacial score (nSPS) is 30.3. The maximum absolute atomic E-state index is 11.6. The molecule has 2 bridgehead atoms. The lowest BCUT2D eigenvalue weighted by Gasteiger charge is -2.44. The van der Waals surface area contributed by atoms with E-state index in [0.717, 1.165) is 38.3 Å². The molecule has 0 aliphatic carbocycles. The number of piperazine rings is 1. The molecule has 0 saturated carbocycles. The molecular formula is C17H24N6O2S. The fraction of sp³-hybridized carbons (Fsp3) is 0.706. The van der Waals surface area contributed by atoms with Gasteiger partial charge in [0.1, 0.15) is 6.20 Å². The maximum atomic E-state index is 11.6. The molecule has 26 heavy (non-hydrogen) atoms. The summed E-state index contributed by atoms with van der Waals surface area (Å²) in [5.41, 5.74) is 0.